The van der Waals surface area contributed by atoms with E-state index >= 15 is 0 Å². The van der Waals surface area contributed by atoms with Crippen LogP contribution < -0.4 is 0 Å². The normalized spacial score (nSPS) is 19.0. The molecule has 2 rings (SSSR count). The van der Waals surface area contributed by atoms with Crippen LogP contribution in [0.3, 0.4) is 0 Å². The van der Waals surface area contributed by atoms with Crippen molar-refractivity contribution in [2.75, 3.05) is 0 Å². The molecular weight excluding hydrogens is 268 g/mol. The highest BCUT2D eigenvalue weighted by Crippen LogP contribution is 2.41. The van der Waals surface area contributed by atoms with Gasteiger partial charge in [-0.05, 0) is 40.4 Å². The molecule has 0 heterocycles. The van der Waals surface area contributed by atoms with Gasteiger partial charge in [-0.1, -0.05) is 79.0 Å². The van der Waals surface area contributed by atoms with Crippen LogP contribution in [-0.4, -0.2) is 6.29 Å². The fraction of sp³-hybridized carbons (Fsp3) is 0.667. The average molecular weight is 300 g/mol. The van der Waals surface area contributed by atoms with Crippen molar-refractivity contribution in [2.24, 2.45) is 0 Å². The van der Waals surface area contributed by atoms with Crippen molar-refractivity contribution in [3.05, 3.63) is 34.9 Å². The van der Waals surface area contributed by atoms with E-state index in [-0.39, 0.29) is 16.2 Å². The summed E-state index contributed by atoms with van der Waals surface area (Å²) in [5.74, 6) is 0. The second kappa shape index (κ2) is 5.83. The molecule has 1 aliphatic rings. The third-order valence-corrected chi connectivity index (χ3v) is 5.18. The average Bonchev–Trinajstić information content (AvgIpc) is 2.45. The van der Waals surface area contributed by atoms with Crippen LogP contribution in [0.15, 0.2) is 18.2 Å². The minimum Gasteiger partial charge on any atom is -0.302 e. The van der Waals surface area contributed by atoms with E-state index in [0.29, 0.717) is 0 Å². The van der Waals surface area contributed by atoms with Crippen LogP contribution in [-0.2, 0) is 21.0 Å². The molecule has 1 nitrogen and oxygen atoms in total. The fourth-order valence-corrected chi connectivity index (χ4v) is 3.79. The first-order valence-electron chi connectivity index (χ1n) is 8.72. The summed E-state index contributed by atoms with van der Waals surface area (Å²) < 4.78 is 0. The molecule has 0 aliphatic heterocycles. The van der Waals surface area contributed by atoms with Crippen LogP contribution in [0.4, 0.5) is 0 Å². The molecule has 1 saturated carbocycles. The smallest absolute Gasteiger partial charge is 0.130 e. The molecule has 0 atom stereocenters. The van der Waals surface area contributed by atoms with Gasteiger partial charge in [0.1, 0.15) is 6.29 Å². The summed E-state index contributed by atoms with van der Waals surface area (Å²) in [4.78, 5) is 11.9. The zero-order valence-corrected chi connectivity index (χ0v) is 15.3. The van der Waals surface area contributed by atoms with Gasteiger partial charge in [-0.15, -0.1) is 0 Å². The van der Waals surface area contributed by atoms with Gasteiger partial charge in [-0.3, -0.25) is 0 Å². The van der Waals surface area contributed by atoms with Crippen LogP contribution >= 0.6 is 0 Å². The van der Waals surface area contributed by atoms with Gasteiger partial charge in [-0.25, -0.2) is 0 Å². The van der Waals surface area contributed by atoms with Crippen molar-refractivity contribution in [1.82, 2.24) is 0 Å². The lowest BCUT2D eigenvalue weighted by molar-refractivity contribution is -0.113. The van der Waals surface area contributed by atoms with E-state index in [9.17, 15) is 4.79 Å². The molecule has 0 unspecified atom stereocenters. The Balaban J connectivity index is 2.58. The van der Waals surface area contributed by atoms with Crippen LogP contribution in [0, 0.1) is 0 Å². The van der Waals surface area contributed by atoms with Crippen LogP contribution in [0.25, 0.3) is 0 Å². The highest BCUT2D eigenvalue weighted by molar-refractivity contribution is 5.69. The first-order chi connectivity index (χ1) is 10.1. The number of carbonyl (C=O) groups is 1. The molecule has 0 N–H and O–H groups in total. The highest BCUT2D eigenvalue weighted by Gasteiger charge is 2.35. The molecule has 1 aliphatic carbocycles. The van der Waals surface area contributed by atoms with Crippen molar-refractivity contribution >= 4 is 6.29 Å². The topological polar surface area (TPSA) is 17.1 Å². The summed E-state index contributed by atoms with van der Waals surface area (Å²) in [7, 11) is 0. The monoisotopic (exact) mass is 300 g/mol. The fourth-order valence-electron chi connectivity index (χ4n) is 3.79. The third kappa shape index (κ3) is 3.29. The van der Waals surface area contributed by atoms with E-state index < -0.39 is 0 Å². The minimum atomic E-state index is -0.241. The lowest BCUT2D eigenvalue weighted by Gasteiger charge is -2.36. The molecule has 0 amide bonds. The Morgan fingerprint density at radius 1 is 0.864 bits per heavy atom. The Bertz CT molecular complexity index is 534. The summed E-state index contributed by atoms with van der Waals surface area (Å²) in [5.41, 5.74) is 4.01. The molecule has 22 heavy (non-hydrogen) atoms. The summed E-state index contributed by atoms with van der Waals surface area (Å²) in [6.07, 6.45) is 6.85. The standard InChI is InChI=1S/C21H32O/c1-19(2,3)17-11-10-16(14-18(17)20(4,5)6)21(15-22)12-8-7-9-13-21/h10-11,14-15H,7-9,12-13H2,1-6H3. The minimum absolute atomic E-state index is 0.0946. The van der Waals surface area contributed by atoms with Crippen LogP contribution in [0.2, 0.25) is 0 Å². The number of carbonyl (C=O) groups excluding carboxylic acids is 1. The summed E-state index contributed by atoms with van der Waals surface area (Å²) >= 11 is 0. The van der Waals surface area contributed by atoms with Crippen molar-refractivity contribution in [3.63, 3.8) is 0 Å². The SMILES string of the molecule is CC(C)(C)c1ccc(C2(C=O)CCCCC2)cc1C(C)(C)C. The van der Waals surface area contributed by atoms with Crippen molar-refractivity contribution in [3.8, 4) is 0 Å². The summed E-state index contributed by atoms with van der Waals surface area (Å²) in [6, 6.07) is 6.83. The largest absolute Gasteiger partial charge is 0.302 e. The third-order valence-electron chi connectivity index (χ3n) is 5.18. The molecule has 1 fully saturated rings. The van der Waals surface area contributed by atoms with E-state index in [1.165, 1.54) is 42.2 Å². The first-order valence-corrected chi connectivity index (χ1v) is 8.72. The lowest BCUT2D eigenvalue weighted by Crippen LogP contribution is -2.32. The zero-order chi connectivity index (χ0) is 16.6. The molecule has 1 aromatic rings. The molecule has 1 heteroatoms. The van der Waals surface area contributed by atoms with Gasteiger partial charge in [-0.2, -0.15) is 0 Å². The number of benzene rings is 1. The quantitative estimate of drug-likeness (QED) is 0.642. The lowest BCUT2D eigenvalue weighted by atomic mass is 9.67. The summed E-state index contributed by atoms with van der Waals surface area (Å²) in [6.45, 7) is 13.6. The van der Waals surface area contributed by atoms with Crippen LogP contribution in [0.5, 0.6) is 0 Å². The van der Waals surface area contributed by atoms with Gasteiger partial charge < -0.3 is 4.79 Å². The number of aldehydes is 1. The van der Waals surface area contributed by atoms with E-state index in [1.54, 1.807) is 0 Å². The maximum atomic E-state index is 11.9. The molecular formula is C21H32O. The molecule has 0 bridgehead atoms. The van der Waals surface area contributed by atoms with Gasteiger partial charge in [0.25, 0.3) is 0 Å². The predicted octanol–water partition coefficient (Wildman–Crippen LogP) is 5.68. The maximum absolute atomic E-state index is 11.9. The zero-order valence-electron chi connectivity index (χ0n) is 15.3. The Kier molecular flexibility index (Phi) is 4.57. The molecule has 0 radical (unpaired) electrons. The second-order valence-corrected chi connectivity index (χ2v) is 9.10. The van der Waals surface area contributed by atoms with Crippen molar-refractivity contribution in [1.29, 1.82) is 0 Å². The van der Waals surface area contributed by atoms with Gasteiger partial charge >= 0.3 is 0 Å². The number of hydrogen-bond donors (Lipinski definition) is 0. The van der Waals surface area contributed by atoms with E-state index in [2.05, 4.69) is 59.7 Å². The van der Waals surface area contributed by atoms with E-state index in [0.717, 1.165) is 12.8 Å². The van der Waals surface area contributed by atoms with E-state index in [1.807, 2.05) is 0 Å². The summed E-state index contributed by atoms with van der Waals surface area (Å²) in [5, 5.41) is 0. The molecule has 0 spiro atoms. The van der Waals surface area contributed by atoms with E-state index in [4.69, 9.17) is 0 Å². The Hall–Kier alpha value is -1.11. The predicted molar refractivity (Wildman–Crippen MR) is 94.7 cm³/mol. The second-order valence-electron chi connectivity index (χ2n) is 9.10. The van der Waals surface area contributed by atoms with Gasteiger partial charge in [0.15, 0.2) is 0 Å². The van der Waals surface area contributed by atoms with Crippen molar-refractivity contribution < 1.29 is 4.79 Å². The Morgan fingerprint density at radius 2 is 1.41 bits per heavy atom. The van der Waals surface area contributed by atoms with Gasteiger partial charge in [0, 0.05) is 0 Å². The highest BCUT2D eigenvalue weighted by atomic mass is 16.1. The molecule has 0 saturated heterocycles. The molecule has 122 valence electrons. The van der Waals surface area contributed by atoms with Gasteiger partial charge in [0.05, 0.1) is 5.41 Å². The van der Waals surface area contributed by atoms with Crippen molar-refractivity contribution in [2.45, 2.75) is 89.9 Å². The molecule has 1 aromatic carbocycles. The Morgan fingerprint density at radius 3 is 1.86 bits per heavy atom. The number of rotatable bonds is 2. The first kappa shape index (κ1) is 17.2. The number of hydrogen-bond acceptors (Lipinski definition) is 1. The van der Waals surface area contributed by atoms with Gasteiger partial charge in [0.2, 0.25) is 0 Å². The van der Waals surface area contributed by atoms with Crippen LogP contribution in [0.1, 0.15) is 90.3 Å². The maximum Gasteiger partial charge on any atom is 0.130 e. The Labute approximate surface area is 136 Å². The molecule has 0 aromatic heterocycles.